The number of nitrogens with one attached hydrogen (secondary N) is 1. The molecular weight excluding hydrogens is 172 g/mol. The topological polar surface area (TPSA) is 81.4 Å². The second kappa shape index (κ2) is 5.40. The molecule has 0 aliphatic heterocycles. The van der Waals surface area contributed by atoms with E-state index in [0.717, 1.165) is 6.42 Å². The molecule has 0 aromatic heterocycles. The molecule has 0 aromatic rings. The van der Waals surface area contributed by atoms with Crippen molar-refractivity contribution in [3.05, 3.63) is 0 Å². The number of esters is 1. The van der Waals surface area contributed by atoms with Crippen molar-refractivity contribution in [2.75, 3.05) is 7.11 Å². The van der Waals surface area contributed by atoms with Crippen LogP contribution in [0, 0.1) is 5.92 Å². The summed E-state index contributed by atoms with van der Waals surface area (Å²) in [4.78, 5) is 21.7. The Morgan fingerprint density at radius 2 is 2.08 bits per heavy atom. The maximum absolute atomic E-state index is 11.2. The fourth-order valence-electron chi connectivity index (χ4n) is 0.949. The van der Waals surface area contributed by atoms with Crippen LogP contribution in [0.1, 0.15) is 20.3 Å². The molecule has 5 heteroatoms. The molecule has 0 saturated heterocycles. The van der Waals surface area contributed by atoms with Crippen LogP contribution in [0.25, 0.3) is 0 Å². The molecule has 0 aliphatic carbocycles. The van der Waals surface area contributed by atoms with Crippen molar-refractivity contribution in [1.29, 1.82) is 0 Å². The third-order valence-electron chi connectivity index (χ3n) is 1.97. The first-order chi connectivity index (χ1) is 6.02. The van der Waals surface area contributed by atoms with Gasteiger partial charge in [-0.25, -0.2) is 9.59 Å². The maximum Gasteiger partial charge on any atom is 0.328 e. The SMILES string of the molecule is CCC(C)C(NC(N)=O)C(=O)OC. The zero-order valence-corrected chi connectivity index (χ0v) is 8.16. The zero-order chi connectivity index (χ0) is 10.4. The van der Waals surface area contributed by atoms with E-state index >= 15 is 0 Å². The smallest absolute Gasteiger partial charge is 0.328 e. The van der Waals surface area contributed by atoms with Crippen LogP contribution in [-0.2, 0) is 9.53 Å². The highest BCUT2D eigenvalue weighted by molar-refractivity contribution is 5.82. The Bertz CT molecular complexity index is 194. The lowest BCUT2D eigenvalue weighted by molar-refractivity contribution is -0.144. The van der Waals surface area contributed by atoms with Crippen molar-refractivity contribution in [3.63, 3.8) is 0 Å². The van der Waals surface area contributed by atoms with Gasteiger partial charge in [-0.2, -0.15) is 0 Å². The molecule has 0 aliphatic rings. The Hall–Kier alpha value is -1.26. The van der Waals surface area contributed by atoms with Crippen molar-refractivity contribution < 1.29 is 14.3 Å². The highest BCUT2D eigenvalue weighted by Crippen LogP contribution is 2.08. The molecule has 0 fully saturated rings. The number of urea groups is 1. The quantitative estimate of drug-likeness (QED) is 0.620. The number of hydrogen-bond acceptors (Lipinski definition) is 3. The summed E-state index contributed by atoms with van der Waals surface area (Å²) in [7, 11) is 1.28. The molecule has 0 rings (SSSR count). The number of ether oxygens (including phenoxy) is 1. The van der Waals surface area contributed by atoms with Gasteiger partial charge >= 0.3 is 12.0 Å². The second-order valence-electron chi connectivity index (χ2n) is 2.89. The highest BCUT2D eigenvalue weighted by Gasteiger charge is 2.25. The molecule has 76 valence electrons. The van der Waals surface area contributed by atoms with Crippen LogP contribution in [-0.4, -0.2) is 25.2 Å². The molecule has 0 radical (unpaired) electrons. The van der Waals surface area contributed by atoms with Gasteiger partial charge in [0.25, 0.3) is 0 Å². The summed E-state index contributed by atoms with van der Waals surface area (Å²) in [5, 5.41) is 2.35. The van der Waals surface area contributed by atoms with E-state index in [1.165, 1.54) is 7.11 Å². The average Bonchev–Trinajstić information content (AvgIpc) is 2.11. The molecule has 2 amide bonds. The molecule has 3 N–H and O–H groups in total. The first-order valence-corrected chi connectivity index (χ1v) is 4.16. The summed E-state index contributed by atoms with van der Waals surface area (Å²) >= 11 is 0. The van der Waals surface area contributed by atoms with E-state index in [1.54, 1.807) is 0 Å². The maximum atomic E-state index is 11.2. The minimum atomic E-state index is -0.712. The standard InChI is InChI=1S/C8H16N2O3/c1-4-5(2)6(7(11)13-3)10-8(9)12/h5-6H,4H2,1-3H3,(H3,9,10,12). The summed E-state index contributed by atoms with van der Waals surface area (Å²) in [5.74, 6) is -0.451. The van der Waals surface area contributed by atoms with Gasteiger partial charge in [0.15, 0.2) is 0 Å². The van der Waals surface area contributed by atoms with E-state index in [9.17, 15) is 9.59 Å². The van der Waals surface area contributed by atoms with E-state index in [-0.39, 0.29) is 5.92 Å². The van der Waals surface area contributed by atoms with Crippen LogP contribution in [0.3, 0.4) is 0 Å². The normalized spacial score (nSPS) is 14.4. The van der Waals surface area contributed by atoms with E-state index < -0.39 is 18.0 Å². The van der Waals surface area contributed by atoms with Crippen molar-refractivity contribution in [3.8, 4) is 0 Å². The molecule has 0 spiro atoms. The lowest BCUT2D eigenvalue weighted by Gasteiger charge is -2.20. The van der Waals surface area contributed by atoms with Crippen molar-refractivity contribution in [2.45, 2.75) is 26.3 Å². The Morgan fingerprint density at radius 1 is 1.54 bits per heavy atom. The highest BCUT2D eigenvalue weighted by atomic mass is 16.5. The van der Waals surface area contributed by atoms with Gasteiger partial charge in [-0.15, -0.1) is 0 Å². The van der Waals surface area contributed by atoms with Gasteiger partial charge in [-0.1, -0.05) is 20.3 Å². The van der Waals surface area contributed by atoms with Gasteiger partial charge in [0.2, 0.25) is 0 Å². The third kappa shape index (κ3) is 3.78. The van der Waals surface area contributed by atoms with Crippen LogP contribution < -0.4 is 11.1 Å². The Labute approximate surface area is 77.6 Å². The average molecular weight is 188 g/mol. The number of nitrogens with two attached hydrogens (primary N) is 1. The summed E-state index contributed by atoms with van der Waals surface area (Å²) in [6.07, 6.45) is 0.764. The van der Waals surface area contributed by atoms with Gasteiger partial charge in [-0.05, 0) is 5.92 Å². The Balaban J connectivity index is 4.35. The fourth-order valence-corrected chi connectivity index (χ4v) is 0.949. The molecule has 0 aromatic carbocycles. The predicted molar refractivity (Wildman–Crippen MR) is 48.0 cm³/mol. The van der Waals surface area contributed by atoms with Gasteiger partial charge in [0.05, 0.1) is 7.11 Å². The minimum absolute atomic E-state index is 0.0138. The molecular formula is C8H16N2O3. The fraction of sp³-hybridized carbons (Fsp3) is 0.750. The number of primary amides is 1. The van der Waals surface area contributed by atoms with Crippen LogP contribution in [0.2, 0.25) is 0 Å². The number of rotatable bonds is 4. The van der Waals surface area contributed by atoms with Crippen LogP contribution >= 0.6 is 0 Å². The lowest BCUT2D eigenvalue weighted by atomic mass is 9.99. The number of amides is 2. The molecule has 13 heavy (non-hydrogen) atoms. The van der Waals surface area contributed by atoms with Gasteiger partial charge < -0.3 is 15.8 Å². The summed E-state index contributed by atoms with van der Waals surface area (Å²) in [6.45, 7) is 3.76. The first-order valence-electron chi connectivity index (χ1n) is 4.16. The largest absolute Gasteiger partial charge is 0.467 e. The second-order valence-corrected chi connectivity index (χ2v) is 2.89. The van der Waals surface area contributed by atoms with Crippen LogP contribution in [0.5, 0.6) is 0 Å². The first kappa shape index (κ1) is 11.7. The van der Waals surface area contributed by atoms with E-state index in [4.69, 9.17) is 5.73 Å². The lowest BCUT2D eigenvalue weighted by Crippen LogP contribution is -2.47. The predicted octanol–water partition coefficient (Wildman–Crippen LogP) is 0.242. The Kier molecular flexibility index (Phi) is 4.87. The van der Waals surface area contributed by atoms with Crippen LogP contribution in [0.4, 0.5) is 4.79 Å². The molecule has 0 heterocycles. The molecule has 0 bridgehead atoms. The summed E-state index contributed by atoms with van der Waals surface area (Å²) in [6, 6.07) is -1.36. The molecule has 2 atom stereocenters. The van der Waals surface area contributed by atoms with Gasteiger partial charge in [0.1, 0.15) is 6.04 Å². The zero-order valence-electron chi connectivity index (χ0n) is 8.16. The number of carbonyl (C=O) groups is 2. The molecule has 0 saturated carbocycles. The third-order valence-corrected chi connectivity index (χ3v) is 1.97. The van der Waals surface area contributed by atoms with E-state index in [0.29, 0.717) is 0 Å². The van der Waals surface area contributed by atoms with Crippen molar-refractivity contribution in [1.82, 2.24) is 5.32 Å². The van der Waals surface area contributed by atoms with E-state index in [1.807, 2.05) is 13.8 Å². The number of carbonyl (C=O) groups excluding carboxylic acids is 2. The monoisotopic (exact) mass is 188 g/mol. The van der Waals surface area contributed by atoms with Gasteiger partial charge in [0, 0.05) is 0 Å². The molecule has 5 nitrogen and oxygen atoms in total. The summed E-state index contributed by atoms with van der Waals surface area (Å²) in [5.41, 5.74) is 4.92. The van der Waals surface area contributed by atoms with Crippen molar-refractivity contribution >= 4 is 12.0 Å². The minimum Gasteiger partial charge on any atom is -0.467 e. The molecule has 2 unspecified atom stereocenters. The van der Waals surface area contributed by atoms with Crippen LogP contribution in [0.15, 0.2) is 0 Å². The number of methoxy groups -OCH3 is 1. The van der Waals surface area contributed by atoms with Crippen molar-refractivity contribution in [2.24, 2.45) is 11.7 Å². The van der Waals surface area contributed by atoms with Gasteiger partial charge in [-0.3, -0.25) is 0 Å². The summed E-state index contributed by atoms with van der Waals surface area (Å²) < 4.78 is 4.53. The van der Waals surface area contributed by atoms with E-state index in [2.05, 4.69) is 10.1 Å². The number of hydrogen-bond donors (Lipinski definition) is 2. The Morgan fingerprint density at radius 3 is 2.38 bits per heavy atom.